The Morgan fingerprint density at radius 1 is 1.31 bits per heavy atom. The van der Waals surface area contributed by atoms with Crippen molar-refractivity contribution < 1.29 is 30.0 Å². The first-order valence-corrected chi connectivity index (χ1v) is 4.86. The van der Waals surface area contributed by atoms with Crippen LogP contribution in [0.3, 0.4) is 0 Å². The minimum atomic E-state index is -0.833. The summed E-state index contributed by atoms with van der Waals surface area (Å²) in [5.74, 6) is -0.833. The van der Waals surface area contributed by atoms with Crippen LogP contribution in [-0.2, 0) is 9.59 Å². The second kappa shape index (κ2) is 46.5. The first-order valence-electron chi connectivity index (χ1n) is 3.55. The summed E-state index contributed by atoms with van der Waals surface area (Å²) in [6.07, 6.45) is 0. The van der Waals surface area contributed by atoms with Gasteiger partial charge in [0.15, 0.2) is 4.30 Å². The average molecular weight is 304 g/mol. The van der Waals surface area contributed by atoms with Crippen LogP contribution in [0.4, 0.5) is 0 Å². The number of hydrogen-bond donors (Lipinski definition) is 4. The molecule has 0 aromatic carbocycles. The van der Waals surface area contributed by atoms with Gasteiger partial charge >= 0.3 is 0 Å². The molecule has 0 aromatic heterocycles. The van der Waals surface area contributed by atoms with E-state index < -0.39 is 10.3 Å². The molecule has 0 spiro atoms. The lowest BCUT2D eigenvalue weighted by Gasteiger charge is -1.69. The Hall–Kier alpha value is -0.270. The van der Waals surface area contributed by atoms with Crippen molar-refractivity contribution in [3.8, 4) is 0 Å². The van der Waals surface area contributed by atoms with Crippen LogP contribution in [0, 0.1) is 0 Å². The zero-order valence-corrected chi connectivity index (χ0v) is 11.4. The topological polar surface area (TPSA) is 115 Å². The molecular weight excluding hydrogens is 286 g/mol. The van der Waals surface area contributed by atoms with Gasteiger partial charge in [0.25, 0.3) is 12.4 Å². The maximum atomic E-state index is 9.00. The van der Waals surface area contributed by atoms with Crippen LogP contribution < -0.4 is 0 Å². The Morgan fingerprint density at radius 2 is 1.31 bits per heavy atom. The van der Waals surface area contributed by atoms with Crippen molar-refractivity contribution in [2.45, 2.75) is 18.1 Å². The number of alkyl halides is 3. The summed E-state index contributed by atoms with van der Waals surface area (Å²) in [7, 11) is 1.00. The fourth-order valence-corrected chi connectivity index (χ4v) is 0. The first kappa shape index (κ1) is 29.6. The van der Waals surface area contributed by atoms with Gasteiger partial charge < -0.3 is 20.4 Å². The van der Waals surface area contributed by atoms with Gasteiger partial charge in [-0.05, 0) is 6.92 Å². The fourth-order valence-electron chi connectivity index (χ4n) is 0. The fraction of sp³-hybridized carbons (Fsp3) is 0.714. The number of hydrogen-bond acceptors (Lipinski definition) is 4. The third-order valence-corrected chi connectivity index (χ3v) is 0. The minimum Gasteiger partial charge on any atom is -0.483 e. The van der Waals surface area contributed by atoms with Crippen LogP contribution in [-0.4, -0.2) is 50.9 Å². The maximum Gasteiger partial charge on any atom is 0.300 e. The summed E-state index contributed by atoms with van der Waals surface area (Å²) in [6, 6.07) is 0. The van der Waals surface area contributed by atoms with Crippen molar-refractivity contribution in [3.63, 3.8) is 0 Å². The van der Waals surface area contributed by atoms with E-state index >= 15 is 0 Å². The van der Waals surface area contributed by atoms with Crippen LogP contribution in [0.25, 0.3) is 0 Å². The predicted octanol–water partition coefficient (Wildman–Crippen LogP) is 1.39. The highest BCUT2D eigenvalue weighted by atomic mass is 35.6. The quantitative estimate of drug-likeness (QED) is 0.397. The van der Waals surface area contributed by atoms with Crippen molar-refractivity contribution >= 4 is 47.2 Å². The standard InChI is InChI=1S/C2H4O2.C2H6O.CHCl3.CH2O2.CH4O/c1-2(3)4;1-2-3;2-1(3)4;2-1-3;1-2/h1H3,(H,3,4);3H,2H2,1H3;1H;1H,(H,2,3);2H,1H3. The van der Waals surface area contributed by atoms with Crippen molar-refractivity contribution in [1.82, 2.24) is 0 Å². The molecule has 102 valence electrons. The van der Waals surface area contributed by atoms with E-state index in [0.29, 0.717) is 0 Å². The zero-order valence-electron chi connectivity index (χ0n) is 9.10. The van der Waals surface area contributed by atoms with Gasteiger partial charge in [-0.1, -0.05) is 34.8 Å². The zero-order chi connectivity index (χ0) is 14.6. The molecule has 0 saturated carbocycles. The van der Waals surface area contributed by atoms with Gasteiger partial charge in [-0.15, -0.1) is 0 Å². The average Bonchev–Trinajstić information content (AvgIpc) is 2.07. The predicted molar refractivity (Wildman–Crippen MR) is 64.3 cm³/mol. The third-order valence-electron chi connectivity index (χ3n) is 0. The van der Waals surface area contributed by atoms with Gasteiger partial charge in [0, 0.05) is 20.6 Å². The number of halogens is 3. The van der Waals surface area contributed by atoms with E-state index in [1.165, 1.54) is 0 Å². The number of aliphatic carboxylic acids is 1. The van der Waals surface area contributed by atoms with Crippen LogP contribution in [0.1, 0.15) is 13.8 Å². The van der Waals surface area contributed by atoms with Gasteiger partial charge in [0.1, 0.15) is 0 Å². The highest BCUT2D eigenvalue weighted by molar-refractivity contribution is 6.63. The second-order valence-electron chi connectivity index (χ2n) is 1.19. The highest BCUT2D eigenvalue weighted by Crippen LogP contribution is 2.03. The van der Waals surface area contributed by atoms with E-state index in [-0.39, 0.29) is 13.1 Å². The van der Waals surface area contributed by atoms with Crippen molar-refractivity contribution in [1.29, 1.82) is 0 Å². The Balaban J connectivity index is -0.0000000322. The Labute approximate surface area is 109 Å². The monoisotopic (exact) mass is 302 g/mol. The lowest BCUT2D eigenvalue weighted by molar-refractivity contribution is -0.134. The van der Waals surface area contributed by atoms with Gasteiger partial charge in [-0.25, -0.2) is 0 Å². The van der Waals surface area contributed by atoms with Crippen LogP contribution >= 0.6 is 34.8 Å². The number of aliphatic hydroxyl groups excluding tert-OH is 2. The lowest BCUT2D eigenvalue weighted by atomic mass is 10.9. The molecule has 0 aromatic rings. The normalized spacial score (nSPS) is 6.06. The van der Waals surface area contributed by atoms with Crippen molar-refractivity contribution in [2.75, 3.05) is 13.7 Å². The van der Waals surface area contributed by atoms with Crippen LogP contribution in [0.2, 0.25) is 0 Å². The van der Waals surface area contributed by atoms with Crippen LogP contribution in [0.5, 0.6) is 0 Å². The van der Waals surface area contributed by atoms with Crippen LogP contribution in [0.15, 0.2) is 0 Å². The summed E-state index contributed by atoms with van der Waals surface area (Å²) in [6.45, 7) is 2.76. The minimum absolute atomic E-state index is 0.250. The highest BCUT2D eigenvalue weighted by Gasteiger charge is 1.78. The molecule has 0 amide bonds. The number of carboxylic acids is 1. The molecule has 4 N–H and O–H groups in total. The number of carboxylic acid groups (broad SMARTS) is 2. The maximum absolute atomic E-state index is 9.00. The molecule has 0 heterocycles. The number of rotatable bonds is 0. The number of carbonyl (C=O) groups is 2. The van der Waals surface area contributed by atoms with E-state index in [4.69, 9.17) is 64.8 Å². The van der Waals surface area contributed by atoms with Crippen molar-refractivity contribution in [2.24, 2.45) is 0 Å². The van der Waals surface area contributed by atoms with E-state index in [1.807, 2.05) is 0 Å². The van der Waals surface area contributed by atoms with Crippen molar-refractivity contribution in [3.05, 3.63) is 0 Å². The summed E-state index contributed by atoms with van der Waals surface area (Å²) in [4.78, 5) is 17.4. The summed E-state index contributed by atoms with van der Waals surface area (Å²) in [5, 5.41) is 28.9. The molecule has 0 saturated heterocycles. The van der Waals surface area contributed by atoms with Gasteiger partial charge in [-0.2, -0.15) is 0 Å². The van der Waals surface area contributed by atoms with Gasteiger partial charge in [0.2, 0.25) is 0 Å². The van der Waals surface area contributed by atoms with E-state index in [9.17, 15) is 0 Å². The molecule has 0 aliphatic heterocycles. The number of aliphatic hydroxyl groups is 2. The molecule has 0 radical (unpaired) electrons. The molecule has 0 atom stereocenters. The molecule has 0 bridgehead atoms. The molecule has 0 unspecified atom stereocenters. The first-order chi connectivity index (χ1) is 7.29. The summed E-state index contributed by atoms with van der Waals surface area (Å²) >= 11 is 14.4. The molecule has 6 nitrogen and oxygen atoms in total. The Morgan fingerprint density at radius 3 is 1.31 bits per heavy atom. The Kier molecular flexibility index (Phi) is 86.1. The Bertz CT molecular complexity index is 106. The molecule has 0 aliphatic rings. The van der Waals surface area contributed by atoms with Gasteiger partial charge in [-0.3, -0.25) is 9.59 Å². The molecule has 0 aliphatic carbocycles. The van der Waals surface area contributed by atoms with Gasteiger partial charge in [0.05, 0.1) is 0 Å². The molecular formula is C7H17Cl3O6. The summed E-state index contributed by atoms with van der Waals surface area (Å²) < 4.78 is -0.750. The van der Waals surface area contributed by atoms with E-state index in [2.05, 4.69) is 0 Å². The molecule has 9 heteroatoms. The smallest absolute Gasteiger partial charge is 0.300 e. The largest absolute Gasteiger partial charge is 0.483 e. The molecule has 16 heavy (non-hydrogen) atoms. The van der Waals surface area contributed by atoms with E-state index in [1.54, 1.807) is 6.92 Å². The van der Waals surface area contributed by atoms with E-state index in [0.717, 1.165) is 14.0 Å². The summed E-state index contributed by atoms with van der Waals surface area (Å²) in [5.41, 5.74) is 0. The second-order valence-corrected chi connectivity index (χ2v) is 3.17. The molecule has 0 fully saturated rings. The lowest BCUT2D eigenvalue weighted by Crippen LogP contribution is -1.78. The third kappa shape index (κ3) is 30500. The molecule has 0 rings (SSSR count). The SMILES string of the molecule is CC(=O)O.CCO.CO.ClC(Cl)Cl.O=CO.